The number of methoxy groups -OCH3 is 1. The van der Waals surface area contributed by atoms with Crippen molar-refractivity contribution in [3.8, 4) is 0 Å². The second-order valence-electron chi connectivity index (χ2n) is 6.36. The standard InChI is InChI=1S/C19H16N4O7S2/c1-30-18(25)11-22-15-7-6-14(32(20,28)29)10-16(15)31-19(22)21-17(24)8-5-12-3-2-4-13(9-12)23(26)27/h2-10H,11H2,1H3,(H2,20,28,29)/b8-5+,21-19?. The summed E-state index contributed by atoms with van der Waals surface area (Å²) in [4.78, 5) is 38.5. The number of carbonyl (C=O) groups excluding carboxylic acids is 2. The number of sulfonamides is 1. The lowest BCUT2D eigenvalue weighted by molar-refractivity contribution is -0.384. The number of carbonyl (C=O) groups is 2. The first kappa shape index (κ1) is 23.0. The summed E-state index contributed by atoms with van der Waals surface area (Å²) >= 11 is 0.987. The number of rotatable bonds is 6. The number of non-ortho nitro benzene ring substituents is 1. The van der Waals surface area contributed by atoms with Crippen molar-refractivity contribution < 1.29 is 27.7 Å². The highest BCUT2D eigenvalue weighted by Gasteiger charge is 2.15. The summed E-state index contributed by atoms with van der Waals surface area (Å²) in [5.41, 5.74) is 0.768. The molecule has 0 atom stereocenters. The number of amides is 1. The molecule has 0 aliphatic carbocycles. The number of nitrogens with two attached hydrogens (primary N) is 1. The van der Waals surface area contributed by atoms with Gasteiger partial charge in [0, 0.05) is 18.2 Å². The minimum Gasteiger partial charge on any atom is -0.468 e. The maximum atomic E-state index is 12.4. The molecule has 0 aliphatic rings. The highest BCUT2D eigenvalue weighted by molar-refractivity contribution is 7.89. The van der Waals surface area contributed by atoms with Crippen LogP contribution in [0.15, 0.2) is 58.4 Å². The number of nitro benzene ring substituents is 1. The third kappa shape index (κ3) is 5.32. The molecule has 166 valence electrons. The van der Waals surface area contributed by atoms with Gasteiger partial charge < -0.3 is 9.30 Å². The molecule has 0 aliphatic heterocycles. The average molecular weight is 476 g/mol. The van der Waals surface area contributed by atoms with Crippen molar-refractivity contribution in [3.05, 3.63) is 69.0 Å². The van der Waals surface area contributed by atoms with Crippen molar-refractivity contribution in [3.63, 3.8) is 0 Å². The lowest BCUT2D eigenvalue weighted by atomic mass is 10.2. The number of aromatic nitrogens is 1. The SMILES string of the molecule is COC(=O)Cn1c(=NC(=O)/C=C/c2cccc([N+](=O)[O-])c2)sc2cc(S(N)(=O)=O)ccc21. The van der Waals surface area contributed by atoms with Crippen LogP contribution in [0, 0.1) is 10.1 Å². The van der Waals surface area contributed by atoms with E-state index in [0.29, 0.717) is 15.8 Å². The van der Waals surface area contributed by atoms with Crippen LogP contribution in [0.3, 0.4) is 0 Å². The van der Waals surface area contributed by atoms with Crippen LogP contribution in [0.1, 0.15) is 5.56 Å². The topological polar surface area (TPSA) is 164 Å². The normalized spacial score (nSPS) is 12.4. The Kier molecular flexibility index (Phi) is 6.62. The minimum atomic E-state index is -3.95. The van der Waals surface area contributed by atoms with Crippen LogP contribution >= 0.6 is 11.3 Å². The molecule has 0 saturated heterocycles. The van der Waals surface area contributed by atoms with Gasteiger partial charge in [-0.15, -0.1) is 0 Å². The zero-order chi connectivity index (χ0) is 23.5. The maximum Gasteiger partial charge on any atom is 0.325 e. The highest BCUT2D eigenvalue weighted by atomic mass is 32.2. The van der Waals surface area contributed by atoms with E-state index < -0.39 is 26.8 Å². The van der Waals surface area contributed by atoms with E-state index in [1.54, 1.807) is 6.07 Å². The Morgan fingerprint density at radius 1 is 1.28 bits per heavy atom. The molecular formula is C19H16N4O7S2. The second kappa shape index (κ2) is 9.21. The van der Waals surface area contributed by atoms with E-state index in [4.69, 9.17) is 5.14 Å². The summed E-state index contributed by atoms with van der Waals surface area (Å²) in [7, 11) is -2.74. The number of benzene rings is 2. The van der Waals surface area contributed by atoms with Gasteiger partial charge in [0.15, 0.2) is 4.80 Å². The molecule has 0 spiro atoms. The lowest BCUT2D eigenvalue weighted by Gasteiger charge is -2.04. The molecule has 0 bridgehead atoms. The molecule has 1 amide bonds. The Morgan fingerprint density at radius 3 is 2.69 bits per heavy atom. The third-order valence-corrected chi connectivity index (χ3v) is 6.16. The summed E-state index contributed by atoms with van der Waals surface area (Å²) in [5.74, 6) is -1.28. The number of thiazole rings is 1. The summed E-state index contributed by atoms with van der Waals surface area (Å²) in [6, 6.07) is 9.76. The van der Waals surface area contributed by atoms with Crippen molar-refractivity contribution in [2.45, 2.75) is 11.4 Å². The van der Waals surface area contributed by atoms with Crippen LogP contribution in [0.4, 0.5) is 5.69 Å². The molecule has 32 heavy (non-hydrogen) atoms. The van der Waals surface area contributed by atoms with Gasteiger partial charge in [-0.05, 0) is 29.8 Å². The summed E-state index contributed by atoms with van der Waals surface area (Å²) < 4.78 is 29.8. The number of fused-ring (bicyclic) bond motifs is 1. The van der Waals surface area contributed by atoms with Gasteiger partial charge in [-0.1, -0.05) is 23.5 Å². The Bertz CT molecular complexity index is 1440. The largest absolute Gasteiger partial charge is 0.468 e. The first-order valence-corrected chi connectivity index (χ1v) is 11.2. The number of nitro groups is 1. The molecule has 0 unspecified atom stereocenters. The fraction of sp³-hybridized carbons (Fsp3) is 0.105. The van der Waals surface area contributed by atoms with E-state index in [1.807, 2.05) is 0 Å². The number of nitrogens with zero attached hydrogens (tertiary/aromatic N) is 3. The first-order valence-electron chi connectivity index (χ1n) is 8.83. The average Bonchev–Trinajstić information content (AvgIpc) is 3.07. The zero-order valence-corrected chi connectivity index (χ0v) is 18.1. The third-order valence-electron chi connectivity index (χ3n) is 4.20. The maximum absolute atomic E-state index is 12.4. The summed E-state index contributed by atoms with van der Waals surface area (Å²) in [5, 5.41) is 16.0. The molecule has 1 aromatic heterocycles. The molecule has 2 N–H and O–H groups in total. The van der Waals surface area contributed by atoms with Gasteiger partial charge in [-0.25, -0.2) is 13.6 Å². The predicted molar refractivity (Wildman–Crippen MR) is 116 cm³/mol. The second-order valence-corrected chi connectivity index (χ2v) is 8.93. The van der Waals surface area contributed by atoms with E-state index in [2.05, 4.69) is 9.73 Å². The smallest absolute Gasteiger partial charge is 0.325 e. The zero-order valence-electron chi connectivity index (χ0n) is 16.5. The van der Waals surface area contributed by atoms with E-state index >= 15 is 0 Å². The Morgan fingerprint density at radius 2 is 2.03 bits per heavy atom. The summed E-state index contributed by atoms with van der Waals surface area (Å²) in [6.45, 7) is -0.258. The fourth-order valence-corrected chi connectivity index (χ4v) is 4.39. The fourth-order valence-electron chi connectivity index (χ4n) is 2.70. The molecule has 13 heteroatoms. The number of hydrogen-bond donors (Lipinski definition) is 1. The Hall–Kier alpha value is -3.68. The highest BCUT2D eigenvalue weighted by Crippen LogP contribution is 2.21. The minimum absolute atomic E-state index is 0.123. The van der Waals surface area contributed by atoms with Gasteiger partial charge in [0.25, 0.3) is 11.6 Å². The molecule has 0 saturated carbocycles. The van der Waals surface area contributed by atoms with Crippen molar-refractivity contribution in [2.24, 2.45) is 10.1 Å². The van der Waals surface area contributed by atoms with E-state index in [0.717, 1.165) is 17.4 Å². The van der Waals surface area contributed by atoms with Crippen LogP contribution in [0.25, 0.3) is 16.3 Å². The molecular weight excluding hydrogens is 460 g/mol. The monoisotopic (exact) mass is 476 g/mol. The molecule has 0 radical (unpaired) electrons. The van der Waals surface area contributed by atoms with Crippen LogP contribution in [0.5, 0.6) is 0 Å². The number of primary sulfonamides is 1. The number of hydrogen-bond acceptors (Lipinski definition) is 8. The van der Waals surface area contributed by atoms with Crippen molar-refractivity contribution in [2.75, 3.05) is 7.11 Å². The molecule has 1 heterocycles. The van der Waals surface area contributed by atoms with Gasteiger partial charge in [-0.3, -0.25) is 19.7 Å². The summed E-state index contributed by atoms with van der Waals surface area (Å²) in [6.07, 6.45) is 2.50. The molecule has 2 aromatic carbocycles. The first-order chi connectivity index (χ1) is 15.1. The van der Waals surface area contributed by atoms with Gasteiger partial charge in [0.1, 0.15) is 6.54 Å². The number of ether oxygens (including phenoxy) is 1. The Labute approximate surface area is 185 Å². The van der Waals surface area contributed by atoms with E-state index in [9.17, 15) is 28.1 Å². The van der Waals surface area contributed by atoms with Crippen molar-refractivity contribution >= 4 is 55.2 Å². The lowest BCUT2D eigenvalue weighted by Crippen LogP contribution is -2.22. The molecule has 11 nitrogen and oxygen atoms in total. The number of esters is 1. The molecule has 0 fully saturated rings. The van der Waals surface area contributed by atoms with E-state index in [1.165, 1.54) is 54.2 Å². The van der Waals surface area contributed by atoms with Gasteiger partial charge >= 0.3 is 5.97 Å². The van der Waals surface area contributed by atoms with Gasteiger partial charge in [0.2, 0.25) is 10.0 Å². The van der Waals surface area contributed by atoms with Crippen LogP contribution < -0.4 is 9.94 Å². The van der Waals surface area contributed by atoms with Crippen molar-refractivity contribution in [1.82, 2.24) is 4.57 Å². The quantitative estimate of drug-likeness (QED) is 0.244. The van der Waals surface area contributed by atoms with Crippen LogP contribution in [0.2, 0.25) is 0 Å². The van der Waals surface area contributed by atoms with Crippen LogP contribution in [-0.2, 0) is 30.9 Å². The molecule has 3 aromatic rings. The Balaban J connectivity index is 2.04. The van der Waals surface area contributed by atoms with E-state index in [-0.39, 0.29) is 21.9 Å². The van der Waals surface area contributed by atoms with Gasteiger partial charge in [-0.2, -0.15) is 4.99 Å². The van der Waals surface area contributed by atoms with Gasteiger partial charge in [0.05, 0.1) is 27.1 Å². The van der Waals surface area contributed by atoms with Crippen molar-refractivity contribution in [1.29, 1.82) is 0 Å². The van der Waals surface area contributed by atoms with Crippen LogP contribution in [-0.4, -0.2) is 36.9 Å². The predicted octanol–water partition coefficient (Wildman–Crippen LogP) is 1.57. The molecule has 3 rings (SSSR count).